The number of alkyl halides is 6. The van der Waals surface area contributed by atoms with Crippen LogP contribution >= 0.6 is 80.9 Å². The SMILES string of the molecule is O=C(O)CCc1cc(-c2nc(C(Cl)(Cl)Cl)nc(C(Cl)(Cl)Cl)n2)cs1. The topological polar surface area (TPSA) is 76.0 Å². The van der Waals surface area contributed by atoms with Crippen molar-refractivity contribution in [3.8, 4) is 11.4 Å². The van der Waals surface area contributed by atoms with Gasteiger partial charge in [0, 0.05) is 15.8 Å². The number of carbonyl (C=O) groups is 1. The lowest BCUT2D eigenvalue weighted by Crippen LogP contribution is -2.16. The molecule has 0 aliphatic rings. The molecular formula is C12H7Cl6N3O2S. The Morgan fingerprint density at radius 3 is 2.04 bits per heavy atom. The van der Waals surface area contributed by atoms with Gasteiger partial charge in [0.2, 0.25) is 7.59 Å². The van der Waals surface area contributed by atoms with Gasteiger partial charge in [-0.05, 0) is 12.5 Å². The number of aromatic nitrogens is 3. The molecule has 5 nitrogen and oxygen atoms in total. The summed E-state index contributed by atoms with van der Waals surface area (Å²) in [6.45, 7) is 0. The smallest absolute Gasteiger partial charge is 0.303 e. The zero-order valence-corrected chi connectivity index (χ0v) is 16.8. The Kier molecular flexibility index (Phi) is 6.46. The van der Waals surface area contributed by atoms with Crippen molar-refractivity contribution in [3.05, 3.63) is 28.0 Å². The molecule has 12 heteroatoms. The quantitative estimate of drug-likeness (QED) is 0.617. The standard InChI is InChI=1S/C12H7Cl6N3O2S/c13-11(14,15)9-19-8(20-10(21-9)12(16,17)18)5-3-6(24-4-5)1-2-7(22)23/h3-4H,1-2H2,(H,22,23). The molecule has 0 fully saturated rings. The number of carboxylic acid groups (broad SMARTS) is 1. The molecule has 1 N–H and O–H groups in total. The van der Waals surface area contributed by atoms with Crippen LogP contribution in [0.2, 0.25) is 0 Å². The van der Waals surface area contributed by atoms with Gasteiger partial charge in [-0.1, -0.05) is 69.6 Å². The van der Waals surface area contributed by atoms with Gasteiger partial charge in [-0.2, -0.15) is 0 Å². The molecule has 2 heterocycles. The van der Waals surface area contributed by atoms with E-state index in [0.29, 0.717) is 12.0 Å². The van der Waals surface area contributed by atoms with E-state index in [2.05, 4.69) is 15.0 Å². The number of rotatable bonds is 4. The second kappa shape index (κ2) is 7.66. The molecule has 2 rings (SSSR count). The first-order valence-corrected chi connectivity index (χ1v) is 9.31. The highest BCUT2D eigenvalue weighted by Crippen LogP contribution is 2.41. The largest absolute Gasteiger partial charge is 0.481 e. The maximum Gasteiger partial charge on any atom is 0.303 e. The van der Waals surface area contributed by atoms with E-state index >= 15 is 0 Å². The number of aliphatic carboxylic acids is 1. The van der Waals surface area contributed by atoms with Crippen molar-refractivity contribution in [1.29, 1.82) is 0 Å². The Labute approximate surface area is 170 Å². The molecule has 0 saturated carbocycles. The third-order valence-electron chi connectivity index (χ3n) is 2.64. The average molecular weight is 470 g/mol. The van der Waals surface area contributed by atoms with Gasteiger partial charge < -0.3 is 5.11 Å². The average Bonchev–Trinajstić information content (AvgIpc) is 2.91. The fourth-order valence-corrected chi connectivity index (χ4v) is 2.99. The first kappa shape index (κ1) is 20.2. The van der Waals surface area contributed by atoms with Crippen LogP contribution in [0.4, 0.5) is 0 Å². The van der Waals surface area contributed by atoms with Crippen LogP contribution in [-0.2, 0) is 18.8 Å². The summed E-state index contributed by atoms with van der Waals surface area (Å²) in [5.41, 5.74) is 0.578. The fourth-order valence-electron chi connectivity index (χ4n) is 1.62. The van der Waals surface area contributed by atoms with Crippen molar-refractivity contribution in [3.63, 3.8) is 0 Å². The van der Waals surface area contributed by atoms with Gasteiger partial charge in [-0.15, -0.1) is 11.3 Å². The second-order valence-corrected chi connectivity index (χ2v) is 10.1. The number of hydrogen-bond donors (Lipinski definition) is 1. The molecule has 0 amide bonds. The Balaban J connectivity index is 2.44. The molecule has 2 aromatic rings. The number of hydrogen-bond acceptors (Lipinski definition) is 5. The number of nitrogens with zero attached hydrogens (tertiary/aromatic N) is 3. The zero-order chi connectivity index (χ0) is 18.1. The molecule has 0 spiro atoms. The summed E-state index contributed by atoms with van der Waals surface area (Å²) in [6, 6.07) is 1.73. The highest BCUT2D eigenvalue weighted by molar-refractivity contribution is 7.10. The molecule has 0 atom stereocenters. The van der Waals surface area contributed by atoms with E-state index in [1.54, 1.807) is 11.4 Å². The molecule has 130 valence electrons. The van der Waals surface area contributed by atoms with Crippen LogP contribution in [0.3, 0.4) is 0 Å². The monoisotopic (exact) mass is 467 g/mol. The van der Waals surface area contributed by atoms with E-state index in [4.69, 9.17) is 74.7 Å². The maximum atomic E-state index is 10.6. The van der Waals surface area contributed by atoms with E-state index < -0.39 is 13.6 Å². The zero-order valence-electron chi connectivity index (χ0n) is 11.4. The lowest BCUT2D eigenvalue weighted by atomic mass is 10.2. The van der Waals surface area contributed by atoms with Crippen molar-refractivity contribution in [2.24, 2.45) is 0 Å². The Morgan fingerprint density at radius 2 is 1.58 bits per heavy atom. The summed E-state index contributed by atoms with van der Waals surface area (Å²) in [7, 11) is 0. The van der Waals surface area contributed by atoms with E-state index in [1.807, 2.05) is 0 Å². The second-order valence-electron chi connectivity index (χ2n) is 4.50. The van der Waals surface area contributed by atoms with Gasteiger partial charge in [-0.25, -0.2) is 15.0 Å². The predicted octanol–water partition coefficient (Wildman–Crippen LogP) is 5.27. The van der Waals surface area contributed by atoms with Crippen molar-refractivity contribution >= 4 is 86.9 Å². The summed E-state index contributed by atoms with van der Waals surface area (Å²) in [5, 5.41) is 10.5. The van der Waals surface area contributed by atoms with Crippen molar-refractivity contribution in [2.75, 3.05) is 0 Å². The highest BCUT2D eigenvalue weighted by atomic mass is 35.6. The minimum atomic E-state index is -1.93. The number of carboxylic acids is 1. The van der Waals surface area contributed by atoms with Crippen LogP contribution < -0.4 is 0 Å². The van der Waals surface area contributed by atoms with E-state index in [-0.39, 0.29) is 23.9 Å². The minimum Gasteiger partial charge on any atom is -0.481 e. The molecule has 24 heavy (non-hydrogen) atoms. The fraction of sp³-hybridized carbons (Fsp3) is 0.333. The summed E-state index contributed by atoms with van der Waals surface area (Å²) >= 11 is 36.2. The summed E-state index contributed by atoms with van der Waals surface area (Å²) < 4.78 is -3.85. The molecule has 0 aliphatic heterocycles. The molecule has 2 aromatic heterocycles. The van der Waals surface area contributed by atoms with Gasteiger partial charge in [0.05, 0.1) is 6.42 Å². The molecular weight excluding hydrogens is 463 g/mol. The predicted molar refractivity (Wildman–Crippen MR) is 97.6 cm³/mol. The molecule has 0 radical (unpaired) electrons. The van der Waals surface area contributed by atoms with Gasteiger partial charge in [0.15, 0.2) is 17.5 Å². The van der Waals surface area contributed by atoms with Gasteiger partial charge in [-0.3, -0.25) is 4.79 Å². The van der Waals surface area contributed by atoms with Crippen LogP contribution in [0.25, 0.3) is 11.4 Å². The molecule has 0 aliphatic carbocycles. The van der Waals surface area contributed by atoms with Gasteiger partial charge in [0.1, 0.15) is 0 Å². The Bertz CT molecular complexity index is 724. The molecule has 0 aromatic carbocycles. The highest BCUT2D eigenvalue weighted by Gasteiger charge is 2.34. The lowest BCUT2D eigenvalue weighted by Gasteiger charge is -2.15. The first-order valence-electron chi connectivity index (χ1n) is 6.17. The minimum absolute atomic E-state index is 0.00988. The van der Waals surface area contributed by atoms with Crippen molar-refractivity contribution in [2.45, 2.75) is 20.4 Å². The summed E-state index contributed by atoms with van der Waals surface area (Å²) in [5.74, 6) is -1.10. The number of thiophene rings is 1. The summed E-state index contributed by atoms with van der Waals surface area (Å²) in [4.78, 5) is 23.5. The number of aryl methyl sites for hydroxylation is 1. The number of halogens is 6. The van der Waals surface area contributed by atoms with Crippen LogP contribution in [0, 0.1) is 0 Å². The van der Waals surface area contributed by atoms with Gasteiger partial charge in [0.25, 0.3) is 0 Å². The van der Waals surface area contributed by atoms with E-state index in [9.17, 15) is 4.79 Å². The van der Waals surface area contributed by atoms with Crippen LogP contribution in [-0.4, -0.2) is 26.0 Å². The van der Waals surface area contributed by atoms with Crippen LogP contribution in [0.15, 0.2) is 11.4 Å². The van der Waals surface area contributed by atoms with Crippen LogP contribution in [0.5, 0.6) is 0 Å². The van der Waals surface area contributed by atoms with Crippen molar-refractivity contribution < 1.29 is 9.90 Å². The Hall–Kier alpha value is -0.0800. The molecule has 0 bridgehead atoms. The third kappa shape index (κ3) is 5.46. The lowest BCUT2D eigenvalue weighted by molar-refractivity contribution is -0.136. The van der Waals surface area contributed by atoms with Crippen LogP contribution in [0.1, 0.15) is 22.9 Å². The molecule has 0 saturated heterocycles. The normalized spacial score (nSPS) is 12.4. The summed E-state index contributed by atoms with van der Waals surface area (Å²) in [6.07, 6.45) is 0.385. The van der Waals surface area contributed by atoms with Gasteiger partial charge >= 0.3 is 5.97 Å². The molecule has 0 unspecified atom stereocenters. The third-order valence-corrected chi connectivity index (χ3v) is 4.65. The van der Waals surface area contributed by atoms with E-state index in [0.717, 1.165) is 4.88 Å². The maximum absolute atomic E-state index is 10.6. The van der Waals surface area contributed by atoms with Crippen molar-refractivity contribution in [1.82, 2.24) is 15.0 Å². The Morgan fingerprint density at radius 1 is 1.04 bits per heavy atom. The van der Waals surface area contributed by atoms with E-state index in [1.165, 1.54) is 11.3 Å². The first-order chi connectivity index (χ1) is 11.0.